The Balaban J connectivity index is 1.99. The van der Waals surface area contributed by atoms with Gasteiger partial charge in [0, 0.05) is 42.9 Å². The van der Waals surface area contributed by atoms with Crippen LogP contribution in [-0.4, -0.2) is 44.1 Å². The van der Waals surface area contributed by atoms with Gasteiger partial charge in [0.25, 0.3) is 0 Å². The van der Waals surface area contributed by atoms with E-state index in [9.17, 15) is 9.59 Å². The number of piperidine rings is 1. The Morgan fingerprint density at radius 2 is 1.68 bits per heavy atom. The number of nitrogens with one attached hydrogen (secondary N) is 1. The average Bonchev–Trinajstić information content (AvgIpc) is 2.54. The Morgan fingerprint density at radius 3 is 2.14 bits per heavy atom. The number of primary amides is 1. The molecule has 1 aromatic carbocycles. The minimum atomic E-state index is -0.294. The molecule has 3 N–H and O–H groups in total. The van der Waals surface area contributed by atoms with Crippen molar-refractivity contribution in [2.75, 3.05) is 32.6 Å². The standard InChI is InChI=1S/C15H21N3O4/c1-21-12-7-11(8-13(9-12)22-2)17-15(20)18-5-3-10(4-6-18)14(16)19/h7-10H,3-6H2,1-2H3,(H2,16,19)(H,17,20). The smallest absolute Gasteiger partial charge is 0.321 e. The highest BCUT2D eigenvalue weighted by Crippen LogP contribution is 2.26. The van der Waals surface area contributed by atoms with Gasteiger partial charge in [-0.15, -0.1) is 0 Å². The van der Waals surface area contributed by atoms with E-state index in [1.54, 1.807) is 37.3 Å². The van der Waals surface area contributed by atoms with E-state index in [-0.39, 0.29) is 17.9 Å². The topological polar surface area (TPSA) is 93.9 Å². The number of likely N-dealkylation sites (tertiary alicyclic amines) is 1. The molecule has 120 valence electrons. The van der Waals surface area contributed by atoms with Gasteiger partial charge < -0.3 is 25.4 Å². The first-order valence-corrected chi connectivity index (χ1v) is 7.11. The van der Waals surface area contributed by atoms with E-state index in [1.165, 1.54) is 0 Å². The Hall–Kier alpha value is -2.44. The van der Waals surface area contributed by atoms with Crippen molar-refractivity contribution in [2.24, 2.45) is 11.7 Å². The predicted molar refractivity (Wildman–Crippen MR) is 82.1 cm³/mol. The molecule has 0 aliphatic carbocycles. The molecule has 22 heavy (non-hydrogen) atoms. The molecule has 7 nitrogen and oxygen atoms in total. The summed E-state index contributed by atoms with van der Waals surface area (Å²) < 4.78 is 10.3. The summed E-state index contributed by atoms with van der Waals surface area (Å²) in [6, 6.07) is 4.96. The fourth-order valence-corrected chi connectivity index (χ4v) is 2.45. The zero-order chi connectivity index (χ0) is 16.1. The Kier molecular flexibility index (Phi) is 5.08. The first kappa shape index (κ1) is 15.9. The number of urea groups is 1. The Bertz CT molecular complexity index is 531. The third-order valence-corrected chi connectivity index (χ3v) is 3.79. The lowest BCUT2D eigenvalue weighted by molar-refractivity contribution is -0.122. The molecule has 1 aliphatic heterocycles. The number of amides is 3. The summed E-state index contributed by atoms with van der Waals surface area (Å²) in [4.78, 5) is 25.1. The van der Waals surface area contributed by atoms with Crippen molar-refractivity contribution in [2.45, 2.75) is 12.8 Å². The number of benzene rings is 1. The van der Waals surface area contributed by atoms with Gasteiger partial charge >= 0.3 is 6.03 Å². The van der Waals surface area contributed by atoms with Crippen LogP contribution in [0.3, 0.4) is 0 Å². The van der Waals surface area contributed by atoms with Gasteiger partial charge in [-0.2, -0.15) is 0 Å². The number of methoxy groups -OCH3 is 2. The molecule has 0 atom stereocenters. The van der Waals surface area contributed by atoms with Crippen LogP contribution in [0.4, 0.5) is 10.5 Å². The lowest BCUT2D eigenvalue weighted by Gasteiger charge is -2.30. The highest BCUT2D eigenvalue weighted by Gasteiger charge is 2.25. The van der Waals surface area contributed by atoms with E-state index in [4.69, 9.17) is 15.2 Å². The zero-order valence-electron chi connectivity index (χ0n) is 12.8. The molecule has 1 aliphatic rings. The Labute approximate surface area is 129 Å². The number of ether oxygens (including phenoxy) is 2. The molecule has 1 fully saturated rings. The molecule has 1 aromatic rings. The second-order valence-corrected chi connectivity index (χ2v) is 5.20. The molecule has 1 saturated heterocycles. The number of hydrogen-bond donors (Lipinski definition) is 2. The Morgan fingerprint density at radius 1 is 1.14 bits per heavy atom. The highest BCUT2D eigenvalue weighted by atomic mass is 16.5. The van der Waals surface area contributed by atoms with Gasteiger partial charge in [-0.3, -0.25) is 4.79 Å². The summed E-state index contributed by atoms with van der Waals surface area (Å²) in [6.45, 7) is 1.03. The van der Waals surface area contributed by atoms with E-state index < -0.39 is 0 Å². The van der Waals surface area contributed by atoms with E-state index in [0.29, 0.717) is 43.1 Å². The minimum Gasteiger partial charge on any atom is -0.497 e. The van der Waals surface area contributed by atoms with Crippen molar-refractivity contribution in [1.29, 1.82) is 0 Å². The van der Waals surface area contributed by atoms with Crippen LogP contribution in [0.15, 0.2) is 18.2 Å². The molecule has 0 spiro atoms. The molecule has 0 unspecified atom stereocenters. The van der Waals surface area contributed by atoms with Gasteiger partial charge in [-0.05, 0) is 12.8 Å². The fourth-order valence-electron chi connectivity index (χ4n) is 2.45. The normalized spacial score (nSPS) is 15.3. The maximum atomic E-state index is 12.3. The lowest BCUT2D eigenvalue weighted by atomic mass is 9.96. The van der Waals surface area contributed by atoms with Crippen molar-refractivity contribution in [3.8, 4) is 11.5 Å². The monoisotopic (exact) mass is 307 g/mol. The number of carbonyl (C=O) groups excluding carboxylic acids is 2. The van der Waals surface area contributed by atoms with Crippen LogP contribution >= 0.6 is 0 Å². The minimum absolute atomic E-state index is 0.138. The summed E-state index contributed by atoms with van der Waals surface area (Å²) >= 11 is 0. The van der Waals surface area contributed by atoms with Crippen molar-refractivity contribution in [3.05, 3.63) is 18.2 Å². The van der Waals surface area contributed by atoms with Crippen LogP contribution in [0, 0.1) is 5.92 Å². The fraction of sp³-hybridized carbons (Fsp3) is 0.467. The predicted octanol–water partition coefficient (Wildman–Crippen LogP) is 1.43. The van der Waals surface area contributed by atoms with Crippen molar-refractivity contribution < 1.29 is 19.1 Å². The molecule has 0 saturated carbocycles. The molecule has 0 aromatic heterocycles. The average molecular weight is 307 g/mol. The molecule has 1 heterocycles. The van der Waals surface area contributed by atoms with Gasteiger partial charge in [-0.25, -0.2) is 4.79 Å². The summed E-state index contributed by atoms with van der Waals surface area (Å²) in [5.74, 6) is 0.766. The number of nitrogens with two attached hydrogens (primary N) is 1. The third-order valence-electron chi connectivity index (χ3n) is 3.79. The van der Waals surface area contributed by atoms with Gasteiger partial charge in [0.05, 0.1) is 14.2 Å². The van der Waals surface area contributed by atoms with Crippen molar-refractivity contribution in [3.63, 3.8) is 0 Å². The van der Waals surface area contributed by atoms with Crippen LogP contribution in [0.25, 0.3) is 0 Å². The largest absolute Gasteiger partial charge is 0.497 e. The molecular weight excluding hydrogens is 286 g/mol. The van der Waals surface area contributed by atoms with E-state index >= 15 is 0 Å². The van der Waals surface area contributed by atoms with E-state index in [2.05, 4.69) is 5.32 Å². The first-order chi connectivity index (χ1) is 10.5. The van der Waals surface area contributed by atoms with E-state index in [1.807, 2.05) is 0 Å². The summed E-state index contributed by atoms with van der Waals surface area (Å²) in [7, 11) is 3.10. The lowest BCUT2D eigenvalue weighted by Crippen LogP contribution is -2.43. The number of anilines is 1. The third kappa shape index (κ3) is 3.81. The number of hydrogen-bond acceptors (Lipinski definition) is 4. The summed E-state index contributed by atoms with van der Waals surface area (Å²) in [6.07, 6.45) is 1.20. The van der Waals surface area contributed by atoms with Gasteiger partial charge in [0.15, 0.2) is 0 Å². The second kappa shape index (κ2) is 7.02. The van der Waals surface area contributed by atoms with Crippen LogP contribution in [0.2, 0.25) is 0 Å². The van der Waals surface area contributed by atoms with Gasteiger partial charge in [0.2, 0.25) is 5.91 Å². The van der Waals surface area contributed by atoms with Crippen molar-refractivity contribution >= 4 is 17.6 Å². The summed E-state index contributed by atoms with van der Waals surface area (Å²) in [5.41, 5.74) is 5.89. The zero-order valence-corrected chi connectivity index (χ0v) is 12.8. The van der Waals surface area contributed by atoms with Crippen LogP contribution in [0.1, 0.15) is 12.8 Å². The second-order valence-electron chi connectivity index (χ2n) is 5.20. The van der Waals surface area contributed by atoms with Gasteiger partial charge in [0.1, 0.15) is 11.5 Å². The SMILES string of the molecule is COc1cc(NC(=O)N2CCC(C(N)=O)CC2)cc(OC)c1. The number of rotatable bonds is 4. The number of nitrogens with zero attached hydrogens (tertiary/aromatic N) is 1. The maximum absolute atomic E-state index is 12.3. The van der Waals surface area contributed by atoms with Crippen molar-refractivity contribution in [1.82, 2.24) is 4.90 Å². The van der Waals surface area contributed by atoms with Crippen LogP contribution in [0.5, 0.6) is 11.5 Å². The maximum Gasteiger partial charge on any atom is 0.321 e. The molecule has 0 bridgehead atoms. The van der Waals surface area contributed by atoms with E-state index in [0.717, 1.165) is 0 Å². The molecule has 3 amide bonds. The van der Waals surface area contributed by atoms with Crippen LogP contribution in [-0.2, 0) is 4.79 Å². The molecule has 7 heteroatoms. The number of carbonyl (C=O) groups is 2. The van der Waals surface area contributed by atoms with Crippen LogP contribution < -0.4 is 20.5 Å². The quantitative estimate of drug-likeness (QED) is 0.880. The molecular formula is C15H21N3O4. The van der Waals surface area contributed by atoms with Gasteiger partial charge in [-0.1, -0.05) is 0 Å². The molecule has 0 radical (unpaired) electrons. The first-order valence-electron chi connectivity index (χ1n) is 7.11. The summed E-state index contributed by atoms with van der Waals surface area (Å²) in [5, 5.41) is 2.82. The highest BCUT2D eigenvalue weighted by molar-refractivity contribution is 5.90. The molecule has 2 rings (SSSR count).